The van der Waals surface area contributed by atoms with Crippen LogP contribution in [0.25, 0.3) is 0 Å². The van der Waals surface area contributed by atoms with Gasteiger partial charge in [0, 0.05) is 5.38 Å². The minimum atomic E-state index is 0.300. The van der Waals surface area contributed by atoms with E-state index in [0.29, 0.717) is 5.41 Å². The molecule has 1 aliphatic rings. The number of hydrogen-bond donors (Lipinski definition) is 1. The van der Waals surface area contributed by atoms with E-state index in [2.05, 4.69) is 17.3 Å². The van der Waals surface area contributed by atoms with E-state index in [4.69, 9.17) is 5.73 Å². The summed E-state index contributed by atoms with van der Waals surface area (Å²) in [6.45, 7) is 3.08. The van der Waals surface area contributed by atoms with E-state index < -0.39 is 0 Å². The van der Waals surface area contributed by atoms with Crippen molar-refractivity contribution in [1.82, 2.24) is 4.98 Å². The van der Waals surface area contributed by atoms with Crippen molar-refractivity contribution in [3.05, 3.63) is 16.6 Å². The molecule has 3 heteroatoms. The van der Waals surface area contributed by atoms with Crippen molar-refractivity contribution in [2.75, 3.05) is 6.54 Å². The normalized spacial score (nSPS) is 21.4. The van der Waals surface area contributed by atoms with E-state index in [-0.39, 0.29) is 0 Å². The van der Waals surface area contributed by atoms with E-state index in [1.165, 1.54) is 18.5 Å². The first kappa shape index (κ1) is 9.16. The zero-order chi connectivity index (χ0) is 9.31. The number of thiazole rings is 1. The molecule has 0 bridgehead atoms. The first-order valence-electron chi connectivity index (χ1n) is 4.82. The number of aromatic nitrogens is 1. The zero-order valence-corrected chi connectivity index (χ0v) is 8.81. The summed E-state index contributed by atoms with van der Waals surface area (Å²) in [6, 6.07) is 0. The first-order valence-corrected chi connectivity index (χ1v) is 5.76. The van der Waals surface area contributed by atoms with Gasteiger partial charge in [-0.1, -0.05) is 6.92 Å². The molecule has 1 aliphatic carbocycles. The molecular weight excluding hydrogens is 180 g/mol. The number of hydrogen-bond acceptors (Lipinski definition) is 3. The van der Waals surface area contributed by atoms with Gasteiger partial charge in [-0.3, -0.25) is 0 Å². The van der Waals surface area contributed by atoms with Gasteiger partial charge in [0.25, 0.3) is 0 Å². The van der Waals surface area contributed by atoms with Crippen molar-refractivity contribution in [3.8, 4) is 0 Å². The molecule has 0 aliphatic heterocycles. The van der Waals surface area contributed by atoms with Gasteiger partial charge in [-0.15, -0.1) is 11.3 Å². The molecule has 0 saturated heterocycles. The highest BCUT2D eigenvalue weighted by molar-refractivity contribution is 7.07. The van der Waals surface area contributed by atoms with Gasteiger partial charge < -0.3 is 5.73 Å². The fraction of sp³-hybridized carbons (Fsp3) is 0.700. The van der Waals surface area contributed by atoms with Crippen molar-refractivity contribution in [2.45, 2.75) is 26.2 Å². The third-order valence-electron chi connectivity index (χ3n) is 3.10. The summed E-state index contributed by atoms with van der Waals surface area (Å²) in [5.41, 5.74) is 9.25. The van der Waals surface area contributed by atoms with Gasteiger partial charge >= 0.3 is 0 Å². The quantitative estimate of drug-likeness (QED) is 0.800. The van der Waals surface area contributed by atoms with Gasteiger partial charge in [0.2, 0.25) is 0 Å². The Labute approximate surface area is 83.2 Å². The molecule has 0 amide bonds. The fourth-order valence-electron chi connectivity index (χ4n) is 1.90. The number of nitrogens with zero attached hydrogens (tertiary/aromatic N) is 1. The SMILES string of the molecule is CC(CN)(Cc1cscn1)C1CC1. The third kappa shape index (κ3) is 1.92. The maximum absolute atomic E-state index is 5.84. The lowest BCUT2D eigenvalue weighted by molar-refractivity contribution is 0.279. The van der Waals surface area contributed by atoms with Crippen molar-refractivity contribution >= 4 is 11.3 Å². The Balaban J connectivity index is 2.05. The third-order valence-corrected chi connectivity index (χ3v) is 3.73. The van der Waals surface area contributed by atoms with Gasteiger partial charge in [0.1, 0.15) is 0 Å². The molecular formula is C10H16N2S. The van der Waals surface area contributed by atoms with Crippen LogP contribution in [0.2, 0.25) is 0 Å². The molecule has 1 aromatic rings. The number of nitrogens with two attached hydrogens (primary N) is 1. The molecule has 0 aromatic carbocycles. The number of rotatable bonds is 4. The molecule has 2 N–H and O–H groups in total. The highest BCUT2D eigenvalue weighted by Crippen LogP contribution is 2.46. The van der Waals surface area contributed by atoms with Crippen molar-refractivity contribution < 1.29 is 0 Å². The predicted octanol–water partition coefficient (Wildman–Crippen LogP) is 2.06. The van der Waals surface area contributed by atoms with Crippen LogP contribution in [0.3, 0.4) is 0 Å². The predicted molar refractivity (Wildman–Crippen MR) is 55.7 cm³/mol. The lowest BCUT2D eigenvalue weighted by Crippen LogP contribution is -2.31. The monoisotopic (exact) mass is 196 g/mol. The molecule has 2 nitrogen and oxygen atoms in total. The second-order valence-corrected chi connectivity index (χ2v) is 5.01. The minimum absolute atomic E-state index is 0.300. The molecule has 1 atom stereocenters. The van der Waals surface area contributed by atoms with Crippen LogP contribution in [0.4, 0.5) is 0 Å². The highest BCUT2D eigenvalue weighted by Gasteiger charge is 2.40. The minimum Gasteiger partial charge on any atom is -0.330 e. The summed E-state index contributed by atoms with van der Waals surface area (Å²) in [4.78, 5) is 4.32. The Morgan fingerprint density at radius 2 is 2.46 bits per heavy atom. The molecule has 72 valence electrons. The average molecular weight is 196 g/mol. The summed E-state index contributed by atoms with van der Waals surface area (Å²) in [7, 11) is 0. The summed E-state index contributed by atoms with van der Waals surface area (Å²) in [5, 5.41) is 2.14. The Morgan fingerprint density at radius 3 is 2.92 bits per heavy atom. The van der Waals surface area contributed by atoms with E-state index in [9.17, 15) is 0 Å². The molecule has 1 heterocycles. The van der Waals surface area contributed by atoms with Crippen molar-refractivity contribution in [1.29, 1.82) is 0 Å². The summed E-state index contributed by atoms with van der Waals surface area (Å²) >= 11 is 1.67. The zero-order valence-electron chi connectivity index (χ0n) is 7.99. The Bertz CT molecular complexity index is 266. The van der Waals surface area contributed by atoms with Crippen LogP contribution in [-0.2, 0) is 6.42 Å². The van der Waals surface area contributed by atoms with E-state index in [1.807, 2.05) is 5.51 Å². The van der Waals surface area contributed by atoms with Gasteiger partial charge in [-0.05, 0) is 37.1 Å². The standard InChI is InChI=1S/C10H16N2S/c1-10(6-11,8-2-3-8)4-9-5-13-7-12-9/h5,7-8H,2-4,6,11H2,1H3. The second-order valence-electron chi connectivity index (χ2n) is 4.29. The maximum atomic E-state index is 5.84. The first-order chi connectivity index (χ1) is 6.24. The van der Waals surface area contributed by atoms with Gasteiger partial charge in [0.15, 0.2) is 0 Å². The van der Waals surface area contributed by atoms with Crippen LogP contribution in [0.5, 0.6) is 0 Å². The molecule has 1 unspecified atom stereocenters. The van der Waals surface area contributed by atoms with Crippen LogP contribution in [-0.4, -0.2) is 11.5 Å². The van der Waals surface area contributed by atoms with Crippen LogP contribution >= 0.6 is 11.3 Å². The maximum Gasteiger partial charge on any atom is 0.0794 e. The lowest BCUT2D eigenvalue weighted by Gasteiger charge is -2.26. The summed E-state index contributed by atoms with van der Waals surface area (Å²) in [6.07, 6.45) is 3.77. The Kier molecular flexibility index (Phi) is 2.39. The molecule has 13 heavy (non-hydrogen) atoms. The largest absolute Gasteiger partial charge is 0.330 e. The van der Waals surface area contributed by atoms with Gasteiger partial charge in [-0.2, -0.15) is 0 Å². The highest BCUT2D eigenvalue weighted by atomic mass is 32.1. The van der Waals surface area contributed by atoms with E-state index in [0.717, 1.165) is 18.9 Å². The van der Waals surface area contributed by atoms with E-state index in [1.54, 1.807) is 11.3 Å². The van der Waals surface area contributed by atoms with Gasteiger partial charge in [0.05, 0.1) is 11.2 Å². The van der Waals surface area contributed by atoms with Gasteiger partial charge in [-0.25, -0.2) is 4.98 Å². The fourth-order valence-corrected chi connectivity index (χ4v) is 2.46. The van der Waals surface area contributed by atoms with Crippen LogP contribution in [0, 0.1) is 11.3 Å². The van der Waals surface area contributed by atoms with Crippen LogP contribution < -0.4 is 5.73 Å². The molecule has 2 rings (SSSR count). The second kappa shape index (κ2) is 3.39. The molecule has 1 aromatic heterocycles. The molecule has 1 fully saturated rings. The Morgan fingerprint density at radius 1 is 1.69 bits per heavy atom. The Hall–Kier alpha value is -0.410. The van der Waals surface area contributed by atoms with E-state index >= 15 is 0 Å². The van der Waals surface area contributed by atoms with Crippen LogP contribution in [0.1, 0.15) is 25.5 Å². The summed E-state index contributed by atoms with van der Waals surface area (Å²) < 4.78 is 0. The average Bonchev–Trinajstić information content (AvgIpc) is 2.88. The van der Waals surface area contributed by atoms with Crippen molar-refractivity contribution in [3.63, 3.8) is 0 Å². The lowest BCUT2D eigenvalue weighted by atomic mass is 9.81. The smallest absolute Gasteiger partial charge is 0.0794 e. The topological polar surface area (TPSA) is 38.9 Å². The molecule has 0 radical (unpaired) electrons. The van der Waals surface area contributed by atoms with Crippen LogP contribution in [0.15, 0.2) is 10.9 Å². The molecule has 0 spiro atoms. The van der Waals surface area contributed by atoms with Crippen molar-refractivity contribution in [2.24, 2.45) is 17.1 Å². The molecule has 1 saturated carbocycles. The summed E-state index contributed by atoms with van der Waals surface area (Å²) in [5.74, 6) is 0.846.